The summed E-state index contributed by atoms with van der Waals surface area (Å²) < 4.78 is 29.9. The van der Waals surface area contributed by atoms with E-state index >= 15 is 0 Å². The van der Waals surface area contributed by atoms with E-state index in [1.165, 1.54) is 0 Å². The van der Waals surface area contributed by atoms with E-state index in [9.17, 15) is 20.4 Å². The number of hydrogen-bond acceptors (Lipinski definition) is 11. The van der Waals surface area contributed by atoms with Gasteiger partial charge < -0.3 is 54.0 Å². The normalized spacial score (nSPS) is 14.3. The van der Waals surface area contributed by atoms with Gasteiger partial charge in [-0.05, 0) is 38.5 Å². The van der Waals surface area contributed by atoms with Crippen molar-refractivity contribution in [2.24, 2.45) is 0 Å². The van der Waals surface area contributed by atoms with Gasteiger partial charge in [0.05, 0.1) is 44.7 Å². The zero-order valence-corrected chi connectivity index (χ0v) is 28.5. The first-order valence-corrected chi connectivity index (χ1v) is 12.3. The maximum absolute atomic E-state index is 9.33. The average molecular weight is 782 g/mol. The number of aliphatic hydroxyl groups excluding tert-OH is 5. The molecule has 0 amide bonds. The Bertz CT molecular complexity index is 397. The second-order valence-corrected chi connectivity index (χ2v) is 7.94. The molecule has 4 atom stereocenters. The van der Waals surface area contributed by atoms with Gasteiger partial charge in [-0.15, -0.1) is 0 Å². The predicted octanol–water partition coefficient (Wildman–Crippen LogP) is 0.452. The minimum Gasteiger partial charge on any atom is -0.553 e. The molecule has 11 nitrogen and oxygen atoms in total. The van der Waals surface area contributed by atoms with Gasteiger partial charge in [0.2, 0.25) is 0 Å². The molecule has 0 fully saturated rings. The molecule has 0 spiro atoms. The van der Waals surface area contributed by atoms with Crippen molar-refractivity contribution < 1.29 is 54.0 Å². The molecule has 4 unspecified atom stereocenters. The van der Waals surface area contributed by atoms with Crippen molar-refractivity contribution in [3.8, 4) is 0 Å². The molecule has 0 bridgehead atoms. The number of rotatable bonds is 25. The molecule has 5 N–H and O–H groups in total. The fraction of sp³-hybridized carbons (Fsp3) is 0.917. The zero-order chi connectivity index (χ0) is 26.6. The van der Waals surface area contributed by atoms with Gasteiger partial charge in [-0.2, -0.15) is 0 Å². The summed E-state index contributed by atoms with van der Waals surface area (Å²) in [5.41, 5.74) is 0. The molecule has 0 heterocycles. The Morgan fingerprint density at radius 2 is 0.972 bits per heavy atom. The third kappa shape index (κ3) is 32.6. The van der Waals surface area contributed by atoms with Crippen LogP contribution >= 0.6 is 0 Å². The molecule has 0 rings (SSSR count). The van der Waals surface area contributed by atoms with Crippen molar-refractivity contribution in [1.82, 2.24) is 0 Å². The first kappa shape index (κ1) is 39.1. The first-order chi connectivity index (χ1) is 16.9. The van der Waals surface area contributed by atoms with Crippen LogP contribution in [0.1, 0.15) is 45.4 Å². The summed E-state index contributed by atoms with van der Waals surface area (Å²) in [5.74, 6) is 0. The van der Waals surface area contributed by atoms with Gasteiger partial charge >= 0.3 is 0 Å². The van der Waals surface area contributed by atoms with Crippen molar-refractivity contribution in [2.45, 2.75) is 69.9 Å². The van der Waals surface area contributed by atoms with Gasteiger partial charge in [-0.1, -0.05) is 6.92 Å². The molecule has 36 heavy (non-hydrogen) atoms. The third-order valence-corrected chi connectivity index (χ3v) is 4.56. The fourth-order valence-corrected chi connectivity index (χ4v) is 2.46. The van der Waals surface area contributed by atoms with E-state index < -0.39 is 18.3 Å². The van der Waals surface area contributed by atoms with Crippen LogP contribution in [0.4, 0.5) is 0 Å². The van der Waals surface area contributed by atoms with Crippen molar-refractivity contribution in [3.05, 3.63) is 14.2 Å². The number of ether oxygens (including phenoxy) is 6. The van der Waals surface area contributed by atoms with Crippen LogP contribution in [0, 0.1) is 14.2 Å². The Morgan fingerprint density at radius 3 is 1.39 bits per heavy atom. The molecule has 0 aliphatic carbocycles. The zero-order valence-electron chi connectivity index (χ0n) is 22.1. The maximum atomic E-state index is 9.33. The molecule has 0 aromatic carbocycles. The minimum atomic E-state index is -0.715. The molecule has 0 aromatic rings. The predicted molar refractivity (Wildman–Crippen MR) is 130 cm³/mol. The van der Waals surface area contributed by atoms with Gasteiger partial charge in [-0.3, -0.25) is 0 Å². The molecule has 0 aliphatic heterocycles. The van der Waals surface area contributed by atoms with Crippen LogP contribution in [0.5, 0.6) is 0 Å². The van der Waals surface area contributed by atoms with Gasteiger partial charge in [0.25, 0.3) is 0 Å². The first-order valence-electron chi connectivity index (χ1n) is 12.3. The van der Waals surface area contributed by atoms with E-state index in [-0.39, 0.29) is 45.7 Å². The van der Waals surface area contributed by atoms with Crippen LogP contribution in [-0.2, 0) is 28.4 Å². The van der Waals surface area contributed by atoms with Gasteiger partial charge in [-0.25, -0.2) is 14.2 Å². The van der Waals surface area contributed by atoms with Gasteiger partial charge in [0, 0.05) is 46.2 Å². The molecule has 12 heteroatoms. The Morgan fingerprint density at radius 1 is 0.556 bits per heavy atom. The second-order valence-electron chi connectivity index (χ2n) is 7.94. The van der Waals surface area contributed by atoms with Crippen molar-refractivity contribution >= 4 is 0 Å². The van der Waals surface area contributed by atoms with E-state index in [2.05, 4.69) is 23.7 Å². The van der Waals surface area contributed by atoms with Crippen molar-refractivity contribution in [3.63, 3.8) is 0 Å². The molecule has 0 aromatic heterocycles. The van der Waals surface area contributed by atoms with Gasteiger partial charge in [0.15, 0.2) is 0 Å². The van der Waals surface area contributed by atoms with Gasteiger partial charge in [0.1, 0.15) is 6.10 Å². The number of aliphatic hydroxyl groups is 5. The molecule has 0 aliphatic rings. The van der Waals surface area contributed by atoms with Crippen LogP contribution in [0.15, 0.2) is 0 Å². The molecule has 216 valence electrons. The molecule has 0 saturated carbocycles. The topological polar surface area (TPSA) is 157 Å². The van der Waals surface area contributed by atoms with Crippen LogP contribution in [0.25, 0.3) is 0 Å². The number of hydrogen-bond donors (Lipinski definition) is 5. The largest absolute Gasteiger partial charge is 0.553 e. The Kier molecular flexibility index (Phi) is 34.3. The summed E-state index contributed by atoms with van der Waals surface area (Å²) in [6.45, 7) is 5.67. The summed E-state index contributed by atoms with van der Waals surface area (Å²) in [4.78, 5) is 0. The summed E-state index contributed by atoms with van der Waals surface area (Å²) in [6, 6.07) is 0. The standard InChI is InChI=1S/C14H29O5.C10H21O6.Rf/c1-3-13(15)6-10-18-8-4-5-9-19-11-7-14(16)12-17-2;1-14-6-9(12)2-4-15-7-10(13)8-16-5-3-11;/h13-16H,2-12H2,1H3;9-13H,1-8H2;/q2*-1;. The van der Waals surface area contributed by atoms with Crippen LogP contribution in [-0.4, -0.2) is 123 Å². The van der Waals surface area contributed by atoms with E-state index in [0.717, 1.165) is 19.3 Å². The average Bonchev–Trinajstić information content (AvgIpc) is 2.83. The van der Waals surface area contributed by atoms with E-state index in [4.69, 9.17) is 24.1 Å². The molecule has 0 radical (unpaired) electrons. The third-order valence-electron chi connectivity index (χ3n) is 4.56. The minimum absolute atomic E-state index is 0. The Labute approximate surface area is 211 Å². The number of unbranched alkanes of at least 4 members (excludes halogenated alkanes) is 1. The van der Waals surface area contributed by atoms with Crippen molar-refractivity contribution in [2.75, 3.05) is 72.7 Å². The SMILES string of the molecule is [CH2-]OCC(O)CCOCC(O)COCCO.[CH2-]OCC(O)CCOCCCCOCCC(O)CC.[Rf]. The quantitative estimate of drug-likeness (QED) is 0.0648. The smallest absolute Gasteiger partial charge is 0.101 e. The fourth-order valence-electron chi connectivity index (χ4n) is 2.46. The summed E-state index contributed by atoms with van der Waals surface area (Å²) in [5, 5.41) is 45.6. The van der Waals surface area contributed by atoms with E-state index in [1.807, 2.05) is 6.92 Å². The summed E-state index contributed by atoms with van der Waals surface area (Å²) in [7, 11) is 6.35. The second kappa shape index (κ2) is 31.6. The van der Waals surface area contributed by atoms with E-state index in [0.29, 0.717) is 52.3 Å². The molecule has 0 saturated heterocycles. The van der Waals surface area contributed by atoms with Crippen LogP contribution in [0.2, 0.25) is 0 Å². The van der Waals surface area contributed by atoms with Crippen LogP contribution < -0.4 is 0 Å². The summed E-state index contributed by atoms with van der Waals surface area (Å²) in [6.07, 6.45) is 2.34. The van der Waals surface area contributed by atoms with E-state index in [1.54, 1.807) is 0 Å². The van der Waals surface area contributed by atoms with Crippen LogP contribution in [0.3, 0.4) is 0 Å². The Hall–Kier alpha value is -1.44. The van der Waals surface area contributed by atoms with Crippen molar-refractivity contribution in [1.29, 1.82) is 0 Å². The molecular formula is C24H50O11Rf-2. The monoisotopic (exact) mass is 781 g/mol. The summed E-state index contributed by atoms with van der Waals surface area (Å²) >= 11 is 0. The maximum Gasteiger partial charge on any atom is 0.101 e. The Balaban J connectivity index is -0.000000597. The molecular weight excluding hydrogens is 731 g/mol.